The summed E-state index contributed by atoms with van der Waals surface area (Å²) in [6, 6.07) is 4.21. The smallest absolute Gasteiger partial charge is 0.358 e. The van der Waals surface area contributed by atoms with Crippen molar-refractivity contribution >= 4 is 11.6 Å². The number of nitrogens with one attached hydrogen (secondary N) is 1. The Morgan fingerprint density at radius 3 is 2.41 bits per heavy atom. The van der Waals surface area contributed by atoms with Crippen molar-refractivity contribution in [3.05, 3.63) is 51.8 Å². The summed E-state index contributed by atoms with van der Waals surface area (Å²) in [6.45, 7) is 1.69. The zero-order chi connectivity index (χ0) is 16.5. The lowest BCUT2D eigenvalue weighted by molar-refractivity contribution is -0.388. The molecule has 0 fully saturated rings. The van der Waals surface area contributed by atoms with Crippen molar-refractivity contribution in [2.24, 2.45) is 7.05 Å². The van der Waals surface area contributed by atoms with Crippen LogP contribution in [0.2, 0.25) is 0 Å². The molecule has 1 atom stereocenters. The molecule has 6 nitrogen and oxygen atoms in total. The minimum atomic E-state index is -4.39. The van der Waals surface area contributed by atoms with Gasteiger partial charge in [-0.2, -0.15) is 13.2 Å². The van der Waals surface area contributed by atoms with Gasteiger partial charge in [0.2, 0.25) is 12.1 Å². The van der Waals surface area contributed by atoms with Crippen LogP contribution in [0, 0.1) is 10.1 Å². The van der Waals surface area contributed by atoms with Crippen LogP contribution in [-0.4, -0.2) is 14.5 Å². The number of anilines is 1. The number of aryl methyl sites for hydroxylation is 1. The lowest BCUT2D eigenvalue weighted by atomic mass is 10.1. The number of nitrogens with zero attached hydrogens (tertiary/aromatic N) is 3. The highest BCUT2D eigenvalue weighted by Gasteiger charge is 2.30. The molecule has 0 radical (unpaired) electrons. The van der Waals surface area contributed by atoms with E-state index in [2.05, 4.69) is 10.3 Å². The second kappa shape index (κ2) is 5.66. The van der Waals surface area contributed by atoms with E-state index in [0.29, 0.717) is 5.56 Å². The SMILES string of the molecule is C[C@@H](Nc1c([N+](=O)[O-])ncn1C)c1ccc(C(F)(F)F)cc1. The molecule has 9 heteroatoms. The van der Waals surface area contributed by atoms with Gasteiger partial charge in [-0.1, -0.05) is 12.1 Å². The molecule has 0 spiro atoms. The number of hydrogen-bond donors (Lipinski definition) is 1. The molecule has 22 heavy (non-hydrogen) atoms. The van der Waals surface area contributed by atoms with Crippen LogP contribution in [0.4, 0.5) is 24.8 Å². The summed E-state index contributed by atoms with van der Waals surface area (Å²) in [5.74, 6) is -0.140. The maximum atomic E-state index is 12.5. The normalized spacial score (nSPS) is 13.0. The van der Waals surface area contributed by atoms with Crippen molar-refractivity contribution in [1.29, 1.82) is 0 Å². The maximum Gasteiger partial charge on any atom is 0.416 e. The number of rotatable bonds is 4. The van der Waals surface area contributed by atoms with E-state index in [-0.39, 0.29) is 11.6 Å². The van der Waals surface area contributed by atoms with Gasteiger partial charge >= 0.3 is 12.0 Å². The molecule has 2 aromatic rings. The van der Waals surface area contributed by atoms with E-state index in [0.717, 1.165) is 12.1 Å². The molecule has 2 rings (SSSR count). The van der Waals surface area contributed by atoms with Crippen molar-refractivity contribution in [3.63, 3.8) is 0 Å². The third kappa shape index (κ3) is 3.18. The highest BCUT2D eigenvalue weighted by Crippen LogP contribution is 2.31. The quantitative estimate of drug-likeness (QED) is 0.692. The van der Waals surface area contributed by atoms with Crippen molar-refractivity contribution in [2.75, 3.05) is 5.32 Å². The standard InChI is InChI=1S/C13H13F3N4O2/c1-8(9-3-5-10(6-4-9)13(14,15)16)18-12-11(20(21)22)17-7-19(12)2/h3-8,18H,1-2H3/t8-/m1/s1. The van der Waals surface area contributed by atoms with Crippen LogP contribution in [0.25, 0.3) is 0 Å². The first-order valence-corrected chi connectivity index (χ1v) is 6.29. The minimum Gasteiger partial charge on any atom is -0.358 e. The van der Waals surface area contributed by atoms with Crippen LogP contribution >= 0.6 is 0 Å². The number of benzene rings is 1. The Hall–Kier alpha value is -2.58. The first kappa shape index (κ1) is 15.8. The fraction of sp³-hybridized carbons (Fsp3) is 0.308. The average molecular weight is 314 g/mol. The molecule has 1 heterocycles. The second-order valence-electron chi connectivity index (χ2n) is 4.77. The van der Waals surface area contributed by atoms with Gasteiger partial charge in [-0.3, -0.25) is 4.57 Å². The largest absolute Gasteiger partial charge is 0.416 e. The number of imidazole rings is 1. The summed E-state index contributed by atoms with van der Waals surface area (Å²) in [4.78, 5) is 13.9. The Kier molecular flexibility index (Phi) is 4.07. The zero-order valence-corrected chi connectivity index (χ0v) is 11.8. The Morgan fingerprint density at radius 2 is 1.91 bits per heavy atom. The van der Waals surface area contributed by atoms with Crippen molar-refractivity contribution in [1.82, 2.24) is 9.55 Å². The van der Waals surface area contributed by atoms with Gasteiger partial charge in [0, 0.05) is 7.05 Å². The molecule has 1 aromatic heterocycles. The highest BCUT2D eigenvalue weighted by atomic mass is 19.4. The summed E-state index contributed by atoms with van der Waals surface area (Å²) in [6.07, 6.45) is -3.10. The lowest BCUT2D eigenvalue weighted by Gasteiger charge is -2.16. The fourth-order valence-electron chi connectivity index (χ4n) is 1.97. The predicted octanol–water partition coefficient (Wildman–Crippen LogP) is 3.52. The molecule has 0 saturated heterocycles. The molecule has 1 aromatic carbocycles. The third-order valence-electron chi connectivity index (χ3n) is 3.18. The van der Waals surface area contributed by atoms with Gasteiger partial charge in [0.05, 0.1) is 11.6 Å². The summed E-state index contributed by atoms with van der Waals surface area (Å²) >= 11 is 0. The lowest BCUT2D eigenvalue weighted by Crippen LogP contribution is -2.11. The molecular weight excluding hydrogens is 301 g/mol. The molecule has 0 saturated carbocycles. The first-order chi connectivity index (χ1) is 10.2. The summed E-state index contributed by atoms with van der Waals surface area (Å²) in [5.41, 5.74) is -0.168. The van der Waals surface area contributed by atoms with Crippen molar-refractivity contribution in [2.45, 2.75) is 19.1 Å². The Morgan fingerprint density at radius 1 is 1.32 bits per heavy atom. The molecule has 0 amide bonds. The number of nitro groups is 1. The Bertz CT molecular complexity index is 680. The second-order valence-corrected chi connectivity index (χ2v) is 4.77. The topological polar surface area (TPSA) is 73.0 Å². The first-order valence-electron chi connectivity index (χ1n) is 6.29. The number of aromatic nitrogens is 2. The van der Waals surface area contributed by atoms with E-state index >= 15 is 0 Å². The number of halogens is 3. The summed E-state index contributed by atoms with van der Waals surface area (Å²) in [5, 5.41) is 13.8. The summed E-state index contributed by atoms with van der Waals surface area (Å²) < 4.78 is 39.0. The van der Waals surface area contributed by atoms with Gasteiger partial charge in [0.25, 0.3) is 0 Å². The molecule has 118 valence electrons. The van der Waals surface area contributed by atoms with Crippen LogP contribution in [0.1, 0.15) is 24.1 Å². The summed E-state index contributed by atoms with van der Waals surface area (Å²) in [7, 11) is 1.59. The molecule has 0 bridgehead atoms. The van der Waals surface area contributed by atoms with Gasteiger partial charge < -0.3 is 15.4 Å². The van der Waals surface area contributed by atoms with Crippen LogP contribution in [0.3, 0.4) is 0 Å². The minimum absolute atomic E-state index is 0.192. The average Bonchev–Trinajstić information content (AvgIpc) is 2.79. The molecule has 1 N–H and O–H groups in total. The van der Waals surface area contributed by atoms with Gasteiger partial charge in [-0.25, -0.2) is 0 Å². The van der Waals surface area contributed by atoms with Crippen LogP contribution in [-0.2, 0) is 13.2 Å². The van der Waals surface area contributed by atoms with E-state index in [1.54, 1.807) is 14.0 Å². The van der Waals surface area contributed by atoms with Crippen LogP contribution in [0.5, 0.6) is 0 Å². The van der Waals surface area contributed by atoms with Gasteiger partial charge in [-0.15, -0.1) is 0 Å². The number of hydrogen-bond acceptors (Lipinski definition) is 4. The van der Waals surface area contributed by atoms with E-state index in [1.807, 2.05) is 0 Å². The molecular formula is C13H13F3N4O2. The maximum absolute atomic E-state index is 12.5. The molecule has 0 aliphatic rings. The Labute approximate surface area is 123 Å². The zero-order valence-electron chi connectivity index (χ0n) is 11.8. The van der Waals surface area contributed by atoms with Crippen LogP contribution in [0.15, 0.2) is 30.6 Å². The Balaban J connectivity index is 2.21. The van der Waals surface area contributed by atoms with E-state index in [1.165, 1.54) is 23.0 Å². The molecule has 0 aliphatic carbocycles. The van der Waals surface area contributed by atoms with Gasteiger partial charge in [-0.05, 0) is 34.5 Å². The molecule has 0 aliphatic heterocycles. The third-order valence-corrected chi connectivity index (χ3v) is 3.18. The van der Waals surface area contributed by atoms with Gasteiger partial charge in [0.15, 0.2) is 0 Å². The highest BCUT2D eigenvalue weighted by molar-refractivity contribution is 5.53. The fourth-order valence-corrected chi connectivity index (χ4v) is 1.97. The predicted molar refractivity (Wildman–Crippen MR) is 73.3 cm³/mol. The van der Waals surface area contributed by atoms with Crippen molar-refractivity contribution in [3.8, 4) is 0 Å². The van der Waals surface area contributed by atoms with E-state index < -0.39 is 22.7 Å². The van der Waals surface area contributed by atoms with E-state index in [4.69, 9.17) is 0 Å². The monoisotopic (exact) mass is 314 g/mol. The molecule has 0 unspecified atom stereocenters. The van der Waals surface area contributed by atoms with Crippen molar-refractivity contribution < 1.29 is 18.1 Å². The van der Waals surface area contributed by atoms with E-state index in [9.17, 15) is 23.3 Å². The van der Waals surface area contributed by atoms with Crippen LogP contribution < -0.4 is 5.32 Å². The number of alkyl halides is 3. The van der Waals surface area contributed by atoms with Gasteiger partial charge in [0.1, 0.15) is 0 Å².